The Morgan fingerprint density at radius 3 is 2.20 bits per heavy atom. The minimum absolute atomic E-state index is 0.0158. The van der Waals surface area contributed by atoms with Crippen LogP contribution in [0.3, 0.4) is 0 Å². The summed E-state index contributed by atoms with van der Waals surface area (Å²) in [6, 6.07) is 16.5. The van der Waals surface area contributed by atoms with Gasteiger partial charge in [-0.2, -0.15) is 5.10 Å². The highest BCUT2D eigenvalue weighted by Crippen LogP contribution is 2.30. The number of nitrogens with zero attached hydrogens (tertiary/aromatic N) is 2. The second-order valence-electron chi connectivity index (χ2n) is 10.6. The summed E-state index contributed by atoms with van der Waals surface area (Å²) in [5, 5.41) is 19.1. The van der Waals surface area contributed by atoms with Crippen molar-refractivity contribution in [1.82, 2.24) is 15.1 Å². The molecule has 0 fully saturated rings. The van der Waals surface area contributed by atoms with E-state index in [-0.39, 0.29) is 18.8 Å². The monoisotopic (exact) mass is 550 g/mol. The van der Waals surface area contributed by atoms with Gasteiger partial charge in [0, 0.05) is 6.07 Å². The third kappa shape index (κ3) is 8.59. The number of carboxylic acid groups (broad SMARTS) is 1. The highest BCUT2D eigenvalue weighted by atomic mass is 16.5. The van der Waals surface area contributed by atoms with Gasteiger partial charge in [-0.3, -0.25) is 19.6 Å². The predicted molar refractivity (Wildman–Crippen MR) is 151 cm³/mol. The molecule has 2 amide bonds. The molecule has 2 aromatic carbocycles. The Morgan fingerprint density at radius 1 is 1.00 bits per heavy atom. The zero-order chi connectivity index (χ0) is 29.1. The third-order valence-corrected chi connectivity index (χ3v) is 6.48. The number of unbranched alkanes of at least 4 members (excludes halogenated alkanes) is 1. The first-order chi connectivity index (χ1) is 19.1. The number of rotatable bonds is 14. The molecule has 0 aliphatic heterocycles. The maximum atomic E-state index is 13.3. The number of amides is 2. The molecule has 1 aromatic heterocycles. The summed E-state index contributed by atoms with van der Waals surface area (Å²) >= 11 is 0. The molecular weight excluding hydrogens is 512 g/mol. The lowest BCUT2D eigenvalue weighted by Crippen LogP contribution is -2.58. The van der Waals surface area contributed by atoms with Crippen molar-refractivity contribution < 1.29 is 29.0 Å². The summed E-state index contributed by atoms with van der Waals surface area (Å²) < 4.78 is 11.9. The number of Topliss-reactive ketones (excluding diaryl/α,β-unsaturated/α-hetero) is 1. The number of hydrogen-bond donors (Lipinski definition) is 3. The van der Waals surface area contributed by atoms with Crippen LogP contribution in [0.5, 0.6) is 11.5 Å². The molecule has 3 N–H and O–H groups in total. The van der Waals surface area contributed by atoms with E-state index in [1.165, 1.54) is 12.3 Å². The first-order valence-electron chi connectivity index (χ1n) is 13.4. The molecular formula is C30H38N4O6. The van der Waals surface area contributed by atoms with E-state index in [0.717, 1.165) is 16.9 Å². The van der Waals surface area contributed by atoms with Crippen LogP contribution in [0.2, 0.25) is 0 Å². The predicted octanol–water partition coefficient (Wildman–Crippen LogP) is 5.53. The number of hydrogen-bond acceptors (Lipinski definition) is 6. The van der Waals surface area contributed by atoms with Gasteiger partial charge in [0.25, 0.3) is 5.91 Å². The summed E-state index contributed by atoms with van der Waals surface area (Å²) in [7, 11) is 0. The molecule has 0 bridgehead atoms. The minimum atomic E-state index is -1.29. The lowest BCUT2D eigenvalue weighted by atomic mass is 9.84. The molecule has 0 spiro atoms. The van der Waals surface area contributed by atoms with Gasteiger partial charge in [-0.25, -0.2) is 4.79 Å². The van der Waals surface area contributed by atoms with Crippen LogP contribution in [0.1, 0.15) is 52.5 Å². The Balaban J connectivity index is 1.75. The van der Waals surface area contributed by atoms with Gasteiger partial charge in [0.15, 0.2) is 0 Å². The average molecular weight is 551 g/mol. The fraction of sp³-hybridized carbons (Fsp3) is 0.400. The number of ether oxygens (including phenoxy) is 2. The van der Waals surface area contributed by atoms with Crippen molar-refractivity contribution in [1.29, 1.82) is 0 Å². The molecule has 0 aliphatic carbocycles. The molecule has 40 heavy (non-hydrogen) atoms. The van der Waals surface area contributed by atoms with Crippen LogP contribution in [0.25, 0.3) is 0 Å². The first-order valence-corrected chi connectivity index (χ1v) is 13.4. The Morgan fingerprint density at radius 2 is 1.65 bits per heavy atom. The highest BCUT2D eigenvalue weighted by molar-refractivity contribution is 6.42. The first kappa shape index (κ1) is 30.2. The summed E-state index contributed by atoms with van der Waals surface area (Å²) in [5.74, 6) is -0.290. The van der Waals surface area contributed by atoms with Crippen molar-refractivity contribution >= 4 is 23.6 Å². The largest absolute Gasteiger partial charge is 0.491 e. The standard InChI is InChI=1S/C30H38N4O6/c1-5-6-12-24(27(35)28(36)32-26-17-18-31-33-26)34(29(37)38)25(30(2,3)4)20-40-23-15-13-22(14-16-23)39-19-21-10-8-7-9-11-21/h7-11,13-18,24-25H,5-6,12,19-20H2,1-4H3,(H,37,38)(H2,31,32,33,36)/t24-,25?/m0/s1. The number of aromatic nitrogens is 2. The van der Waals surface area contributed by atoms with Gasteiger partial charge < -0.3 is 19.9 Å². The van der Waals surface area contributed by atoms with E-state index >= 15 is 0 Å². The molecule has 1 heterocycles. The Bertz CT molecular complexity index is 1220. The van der Waals surface area contributed by atoms with Gasteiger partial charge >= 0.3 is 6.09 Å². The number of nitrogens with one attached hydrogen (secondary N) is 2. The summed E-state index contributed by atoms with van der Waals surface area (Å²) in [6.45, 7) is 7.99. The fourth-order valence-electron chi connectivity index (χ4n) is 4.23. The van der Waals surface area contributed by atoms with Crippen LogP contribution in [0.4, 0.5) is 10.6 Å². The number of benzene rings is 2. The molecule has 0 aliphatic rings. The van der Waals surface area contributed by atoms with Gasteiger partial charge in [-0.05, 0) is 41.7 Å². The molecule has 10 nitrogen and oxygen atoms in total. The topological polar surface area (TPSA) is 134 Å². The Kier molecular flexibility index (Phi) is 10.7. The van der Waals surface area contributed by atoms with Crippen molar-refractivity contribution in [3.63, 3.8) is 0 Å². The van der Waals surface area contributed by atoms with Crippen LogP contribution in [0, 0.1) is 5.41 Å². The quantitative estimate of drug-likeness (QED) is 0.225. The van der Waals surface area contributed by atoms with Crippen LogP contribution >= 0.6 is 0 Å². The lowest BCUT2D eigenvalue weighted by molar-refractivity contribution is -0.139. The second kappa shape index (κ2) is 14.2. The van der Waals surface area contributed by atoms with Crippen LogP contribution < -0.4 is 14.8 Å². The van der Waals surface area contributed by atoms with Crippen molar-refractivity contribution in [3.8, 4) is 11.5 Å². The molecule has 1 unspecified atom stereocenters. The van der Waals surface area contributed by atoms with Gasteiger partial charge in [0.2, 0.25) is 5.78 Å². The van der Waals surface area contributed by atoms with Crippen LogP contribution in [-0.4, -0.2) is 56.7 Å². The Labute approximate surface area is 234 Å². The van der Waals surface area contributed by atoms with E-state index in [4.69, 9.17) is 9.47 Å². The van der Waals surface area contributed by atoms with E-state index in [9.17, 15) is 19.5 Å². The molecule has 214 valence electrons. The normalized spacial score (nSPS) is 12.7. The Hall–Kier alpha value is -4.34. The van der Waals surface area contributed by atoms with Gasteiger partial charge in [0.05, 0.1) is 12.2 Å². The highest BCUT2D eigenvalue weighted by Gasteiger charge is 2.42. The van der Waals surface area contributed by atoms with E-state index in [2.05, 4.69) is 15.5 Å². The number of ketones is 1. The number of H-pyrrole nitrogens is 1. The lowest BCUT2D eigenvalue weighted by Gasteiger charge is -2.41. The number of carbonyl (C=O) groups is 3. The van der Waals surface area contributed by atoms with Crippen LogP contribution in [-0.2, 0) is 16.2 Å². The van der Waals surface area contributed by atoms with Gasteiger partial charge in [-0.1, -0.05) is 70.9 Å². The summed E-state index contributed by atoms with van der Waals surface area (Å²) in [5.41, 5.74) is 0.442. The van der Waals surface area contributed by atoms with Crippen LogP contribution in [0.15, 0.2) is 66.9 Å². The molecule has 3 aromatic rings. The zero-order valence-electron chi connectivity index (χ0n) is 23.4. The van der Waals surface area contributed by atoms with Crippen molar-refractivity contribution in [2.24, 2.45) is 5.41 Å². The fourth-order valence-corrected chi connectivity index (χ4v) is 4.23. The van der Waals surface area contributed by atoms with Crippen molar-refractivity contribution in [3.05, 3.63) is 72.4 Å². The van der Waals surface area contributed by atoms with Gasteiger partial charge in [0.1, 0.15) is 36.6 Å². The van der Waals surface area contributed by atoms with E-state index in [1.807, 2.05) is 58.0 Å². The molecule has 2 atom stereocenters. The number of aromatic amines is 1. The van der Waals surface area contributed by atoms with E-state index in [1.54, 1.807) is 24.3 Å². The van der Waals surface area contributed by atoms with Crippen molar-refractivity contribution in [2.75, 3.05) is 11.9 Å². The minimum Gasteiger partial charge on any atom is -0.491 e. The van der Waals surface area contributed by atoms with Gasteiger partial charge in [-0.15, -0.1) is 0 Å². The number of anilines is 1. The maximum Gasteiger partial charge on any atom is 0.408 e. The summed E-state index contributed by atoms with van der Waals surface area (Å²) in [6.07, 6.45) is 1.65. The third-order valence-electron chi connectivity index (χ3n) is 6.48. The maximum absolute atomic E-state index is 13.3. The molecule has 0 radical (unpaired) electrons. The second-order valence-corrected chi connectivity index (χ2v) is 10.6. The average Bonchev–Trinajstić information content (AvgIpc) is 3.44. The zero-order valence-corrected chi connectivity index (χ0v) is 23.4. The van der Waals surface area contributed by atoms with Crippen molar-refractivity contribution in [2.45, 2.75) is 65.6 Å². The summed E-state index contributed by atoms with van der Waals surface area (Å²) in [4.78, 5) is 39.8. The van der Waals surface area contributed by atoms with E-state index in [0.29, 0.717) is 24.5 Å². The number of carbonyl (C=O) groups excluding carboxylic acids is 2. The van der Waals surface area contributed by atoms with E-state index < -0.39 is 35.3 Å². The molecule has 3 rings (SSSR count). The molecule has 0 saturated heterocycles. The molecule has 10 heteroatoms. The molecule has 0 saturated carbocycles. The smallest absolute Gasteiger partial charge is 0.408 e. The SMILES string of the molecule is CCCC[C@@H](C(=O)C(=O)Nc1ccn[nH]1)N(C(=O)O)C(COc1ccc(OCc2ccccc2)cc1)C(C)(C)C.